The van der Waals surface area contributed by atoms with Crippen LogP contribution in [-0.2, 0) is 4.74 Å². The second-order valence-corrected chi connectivity index (χ2v) is 3.58. The van der Waals surface area contributed by atoms with E-state index in [-0.39, 0.29) is 6.10 Å². The van der Waals surface area contributed by atoms with Crippen molar-refractivity contribution < 1.29 is 14.3 Å². The van der Waals surface area contributed by atoms with Crippen LogP contribution in [-0.4, -0.2) is 57.1 Å². The zero-order valence-electron chi connectivity index (χ0n) is 7.29. The third-order valence-corrected chi connectivity index (χ3v) is 1.12. The van der Waals surface area contributed by atoms with Crippen molar-refractivity contribution in [2.45, 2.75) is 6.10 Å². The Hall–Kier alpha value is -0.120. The van der Waals surface area contributed by atoms with Crippen molar-refractivity contribution in [3.8, 4) is 0 Å². The van der Waals surface area contributed by atoms with Gasteiger partial charge < -0.3 is 14.3 Å². The molecule has 0 aromatic carbocycles. The molecule has 0 bridgehead atoms. The fourth-order valence-electron chi connectivity index (χ4n) is 0.877. The minimum atomic E-state index is -0.343. The quantitative estimate of drug-likeness (QED) is 0.555. The number of nitrogens with zero attached hydrogens (tertiary/aromatic N) is 1. The van der Waals surface area contributed by atoms with Crippen LogP contribution in [0.1, 0.15) is 0 Å². The van der Waals surface area contributed by atoms with Gasteiger partial charge in [0.25, 0.3) is 0 Å². The van der Waals surface area contributed by atoms with Crippen molar-refractivity contribution in [2.75, 3.05) is 41.4 Å². The summed E-state index contributed by atoms with van der Waals surface area (Å²) in [5.41, 5.74) is 0. The molecule has 0 aliphatic carbocycles. The Morgan fingerprint density at radius 3 is 2.20 bits per heavy atom. The van der Waals surface area contributed by atoms with Crippen molar-refractivity contribution in [3.63, 3.8) is 0 Å². The third kappa shape index (κ3) is 6.01. The molecule has 1 N–H and O–H groups in total. The second kappa shape index (κ2) is 3.91. The molecule has 0 aromatic rings. The van der Waals surface area contributed by atoms with E-state index >= 15 is 0 Å². The number of hydrogen-bond acceptors (Lipinski definition) is 2. The summed E-state index contributed by atoms with van der Waals surface area (Å²) in [7, 11) is 7.72. The Kier molecular flexibility index (Phi) is 3.86. The Bertz CT molecular complexity index is 88.1. The van der Waals surface area contributed by atoms with Gasteiger partial charge in [-0.25, -0.2) is 0 Å². The van der Waals surface area contributed by atoms with E-state index in [1.165, 1.54) is 0 Å². The summed E-state index contributed by atoms with van der Waals surface area (Å²) in [6.45, 7) is 1.16. The van der Waals surface area contributed by atoms with Gasteiger partial charge in [0, 0.05) is 7.11 Å². The van der Waals surface area contributed by atoms with Crippen LogP contribution in [0.4, 0.5) is 0 Å². The highest BCUT2D eigenvalue weighted by molar-refractivity contribution is 4.49. The van der Waals surface area contributed by atoms with Gasteiger partial charge >= 0.3 is 0 Å². The number of aliphatic hydroxyl groups excluding tert-OH is 1. The lowest BCUT2D eigenvalue weighted by Crippen LogP contribution is -2.42. The Labute approximate surface area is 62.8 Å². The first-order valence-corrected chi connectivity index (χ1v) is 3.43. The number of ether oxygens (including phenoxy) is 1. The fraction of sp³-hybridized carbons (Fsp3) is 1.00. The predicted molar refractivity (Wildman–Crippen MR) is 40.8 cm³/mol. The summed E-state index contributed by atoms with van der Waals surface area (Å²) in [6.07, 6.45) is -0.343. The van der Waals surface area contributed by atoms with Crippen LogP contribution >= 0.6 is 0 Å². The topological polar surface area (TPSA) is 29.5 Å². The summed E-state index contributed by atoms with van der Waals surface area (Å²) in [6, 6.07) is 0. The monoisotopic (exact) mass is 148 g/mol. The summed E-state index contributed by atoms with van der Waals surface area (Å²) >= 11 is 0. The van der Waals surface area contributed by atoms with Gasteiger partial charge in [0.2, 0.25) is 0 Å². The van der Waals surface area contributed by atoms with E-state index < -0.39 is 0 Å². The second-order valence-electron chi connectivity index (χ2n) is 3.58. The van der Waals surface area contributed by atoms with Gasteiger partial charge in [0.1, 0.15) is 12.6 Å². The lowest BCUT2D eigenvalue weighted by Gasteiger charge is -2.26. The maximum Gasteiger partial charge on any atom is 0.126 e. The number of methoxy groups -OCH3 is 1. The summed E-state index contributed by atoms with van der Waals surface area (Å²) < 4.78 is 5.56. The molecule has 0 spiro atoms. The molecule has 0 amide bonds. The van der Waals surface area contributed by atoms with Gasteiger partial charge in [-0.15, -0.1) is 0 Å². The van der Waals surface area contributed by atoms with Gasteiger partial charge in [-0.2, -0.15) is 0 Å². The summed E-state index contributed by atoms with van der Waals surface area (Å²) in [5.74, 6) is 0. The molecule has 0 fully saturated rings. The maximum absolute atomic E-state index is 9.24. The minimum Gasteiger partial charge on any atom is -0.385 e. The SMILES string of the molecule is COCC(O)C[N+](C)(C)C. The van der Waals surface area contributed by atoms with Crippen LogP contribution < -0.4 is 0 Å². The average molecular weight is 148 g/mol. The molecule has 0 rings (SSSR count). The first kappa shape index (κ1) is 9.88. The Balaban J connectivity index is 3.47. The number of rotatable bonds is 4. The molecular weight excluding hydrogens is 130 g/mol. The van der Waals surface area contributed by atoms with E-state index in [0.29, 0.717) is 6.61 Å². The summed E-state index contributed by atoms with van der Waals surface area (Å²) in [5, 5.41) is 9.24. The molecule has 3 heteroatoms. The molecule has 62 valence electrons. The molecule has 0 aromatic heterocycles. The van der Waals surface area contributed by atoms with Crippen LogP contribution in [0.2, 0.25) is 0 Å². The number of quaternary nitrogens is 1. The standard InChI is InChI=1S/C7H18NO2/c1-8(2,3)5-7(9)6-10-4/h7,9H,5-6H2,1-4H3/q+1. The van der Waals surface area contributed by atoms with Crippen molar-refractivity contribution in [1.82, 2.24) is 0 Å². The number of hydrogen-bond donors (Lipinski definition) is 1. The van der Waals surface area contributed by atoms with Gasteiger partial charge in [0.05, 0.1) is 27.7 Å². The molecule has 1 unspecified atom stereocenters. The first-order chi connectivity index (χ1) is 4.45. The lowest BCUT2D eigenvalue weighted by molar-refractivity contribution is -0.873. The highest BCUT2D eigenvalue weighted by atomic mass is 16.5. The largest absolute Gasteiger partial charge is 0.385 e. The van der Waals surface area contributed by atoms with E-state index in [4.69, 9.17) is 4.74 Å². The van der Waals surface area contributed by atoms with Gasteiger partial charge in [-0.3, -0.25) is 0 Å². The van der Waals surface area contributed by atoms with E-state index in [2.05, 4.69) is 0 Å². The normalized spacial score (nSPS) is 15.3. The smallest absolute Gasteiger partial charge is 0.126 e. The van der Waals surface area contributed by atoms with Crippen LogP contribution in [0.15, 0.2) is 0 Å². The molecular formula is C7H18NO2+. The molecule has 0 aliphatic heterocycles. The molecule has 0 saturated carbocycles. The fourth-order valence-corrected chi connectivity index (χ4v) is 0.877. The number of likely N-dealkylation sites (N-methyl/N-ethyl adjacent to an activating group) is 1. The molecule has 3 nitrogen and oxygen atoms in total. The van der Waals surface area contributed by atoms with Crippen molar-refractivity contribution in [3.05, 3.63) is 0 Å². The molecule has 0 heterocycles. The summed E-state index contributed by atoms with van der Waals surface area (Å²) in [4.78, 5) is 0. The van der Waals surface area contributed by atoms with E-state index in [1.54, 1.807) is 7.11 Å². The van der Waals surface area contributed by atoms with E-state index in [1.807, 2.05) is 21.1 Å². The lowest BCUT2D eigenvalue weighted by atomic mass is 10.3. The van der Waals surface area contributed by atoms with Gasteiger partial charge in [-0.05, 0) is 0 Å². The molecule has 0 saturated heterocycles. The van der Waals surface area contributed by atoms with Crippen LogP contribution in [0.5, 0.6) is 0 Å². The maximum atomic E-state index is 9.24. The highest BCUT2D eigenvalue weighted by Crippen LogP contribution is 1.94. The van der Waals surface area contributed by atoms with E-state index in [9.17, 15) is 5.11 Å². The van der Waals surface area contributed by atoms with Crippen LogP contribution in [0.25, 0.3) is 0 Å². The molecule has 1 atom stereocenters. The molecule has 0 radical (unpaired) electrons. The zero-order valence-corrected chi connectivity index (χ0v) is 7.29. The molecule has 0 aliphatic rings. The van der Waals surface area contributed by atoms with Crippen molar-refractivity contribution in [1.29, 1.82) is 0 Å². The van der Waals surface area contributed by atoms with E-state index in [0.717, 1.165) is 11.0 Å². The van der Waals surface area contributed by atoms with Crippen LogP contribution in [0, 0.1) is 0 Å². The Morgan fingerprint density at radius 2 is 1.90 bits per heavy atom. The van der Waals surface area contributed by atoms with Crippen molar-refractivity contribution in [2.24, 2.45) is 0 Å². The Morgan fingerprint density at radius 1 is 1.40 bits per heavy atom. The van der Waals surface area contributed by atoms with Crippen LogP contribution in [0.3, 0.4) is 0 Å². The predicted octanol–water partition coefficient (Wildman–Crippen LogP) is -0.300. The average Bonchev–Trinajstić information content (AvgIpc) is 1.59. The highest BCUT2D eigenvalue weighted by Gasteiger charge is 2.14. The first-order valence-electron chi connectivity index (χ1n) is 3.43. The van der Waals surface area contributed by atoms with Gasteiger partial charge in [-0.1, -0.05) is 0 Å². The minimum absolute atomic E-state index is 0.343. The number of aliphatic hydroxyl groups is 1. The molecule has 10 heavy (non-hydrogen) atoms. The van der Waals surface area contributed by atoms with Crippen molar-refractivity contribution >= 4 is 0 Å². The van der Waals surface area contributed by atoms with Gasteiger partial charge in [0.15, 0.2) is 0 Å². The zero-order chi connectivity index (χ0) is 8.20. The third-order valence-electron chi connectivity index (χ3n) is 1.12.